The van der Waals surface area contributed by atoms with Gasteiger partial charge in [0.05, 0.1) is 11.0 Å². The number of piperidine rings is 1. The highest BCUT2D eigenvalue weighted by atomic mass is 32.2. The Morgan fingerprint density at radius 1 is 1.17 bits per heavy atom. The number of nitrogens with one attached hydrogen (secondary N) is 1. The predicted octanol–water partition coefficient (Wildman–Crippen LogP) is 4.51. The number of nitrogens with zero attached hydrogens (tertiary/aromatic N) is 3. The summed E-state index contributed by atoms with van der Waals surface area (Å²) >= 11 is 1.88. The normalized spacial score (nSPS) is 15.5. The summed E-state index contributed by atoms with van der Waals surface area (Å²) in [5.74, 6) is 1.83. The largest absolute Gasteiger partial charge is 0.437 e. The summed E-state index contributed by atoms with van der Waals surface area (Å²) in [5.41, 5.74) is -0.310. The van der Waals surface area contributed by atoms with Crippen LogP contribution >= 0.6 is 11.8 Å². The van der Waals surface area contributed by atoms with Crippen LogP contribution in [0.4, 0.5) is 19.0 Å². The monoisotopic (exact) mass is 440 g/mol. The molecule has 1 fully saturated rings. The molecular weight excluding hydrogens is 413 g/mol. The Hall–Kier alpha value is -2.03. The van der Waals surface area contributed by atoms with Crippen molar-refractivity contribution in [3.8, 4) is 0 Å². The van der Waals surface area contributed by atoms with E-state index in [1.54, 1.807) is 23.1 Å². The summed E-state index contributed by atoms with van der Waals surface area (Å²) in [6.45, 7) is 3.48. The van der Waals surface area contributed by atoms with E-state index in [2.05, 4.69) is 22.2 Å². The molecule has 1 aliphatic heterocycles. The van der Waals surface area contributed by atoms with E-state index in [0.29, 0.717) is 38.0 Å². The fraction of sp³-hybridized carbons (Fsp3) is 0.571. The molecule has 0 radical (unpaired) electrons. The number of thioether (sulfide) groups is 1. The van der Waals surface area contributed by atoms with Crippen LogP contribution in [0.5, 0.6) is 0 Å². The van der Waals surface area contributed by atoms with Gasteiger partial charge in [-0.05, 0) is 49.3 Å². The van der Waals surface area contributed by atoms with Gasteiger partial charge >= 0.3 is 6.18 Å². The number of benzene rings is 1. The zero-order chi connectivity index (χ0) is 21.6. The Labute approximate surface area is 178 Å². The minimum atomic E-state index is -4.59. The second-order valence-corrected chi connectivity index (χ2v) is 8.63. The van der Waals surface area contributed by atoms with Crippen LogP contribution in [0.3, 0.4) is 0 Å². The predicted molar refractivity (Wildman–Crippen MR) is 115 cm³/mol. The van der Waals surface area contributed by atoms with Gasteiger partial charge in [-0.2, -0.15) is 24.9 Å². The van der Waals surface area contributed by atoms with Crippen molar-refractivity contribution in [2.75, 3.05) is 36.0 Å². The van der Waals surface area contributed by atoms with Crippen molar-refractivity contribution in [2.45, 2.75) is 38.8 Å². The maximum absolute atomic E-state index is 13.6. The third-order valence-electron chi connectivity index (χ3n) is 5.10. The first-order valence-electron chi connectivity index (χ1n) is 10.3. The van der Waals surface area contributed by atoms with Gasteiger partial charge in [0.1, 0.15) is 0 Å². The van der Waals surface area contributed by atoms with Crippen LogP contribution in [0, 0.1) is 5.92 Å². The van der Waals surface area contributed by atoms with Crippen LogP contribution < -0.4 is 10.2 Å². The van der Waals surface area contributed by atoms with Gasteiger partial charge < -0.3 is 10.2 Å². The number of carbonyl (C=O) groups excluding carboxylic acids is 1. The Bertz CT molecular complexity index is 854. The minimum Gasteiger partial charge on any atom is -0.356 e. The Morgan fingerprint density at radius 3 is 2.47 bits per heavy atom. The Kier molecular flexibility index (Phi) is 7.80. The summed E-state index contributed by atoms with van der Waals surface area (Å²) in [5, 5.41) is 2.96. The smallest absolute Gasteiger partial charge is 0.356 e. The van der Waals surface area contributed by atoms with Crippen molar-refractivity contribution < 1.29 is 18.0 Å². The van der Waals surface area contributed by atoms with Crippen molar-refractivity contribution >= 4 is 34.5 Å². The molecule has 2 heterocycles. The van der Waals surface area contributed by atoms with Gasteiger partial charge in [-0.25, -0.2) is 9.97 Å². The van der Waals surface area contributed by atoms with E-state index in [4.69, 9.17) is 0 Å². The van der Waals surface area contributed by atoms with Crippen LogP contribution in [0.25, 0.3) is 11.0 Å². The molecule has 0 bridgehead atoms. The number of anilines is 1. The highest BCUT2D eigenvalue weighted by Gasteiger charge is 2.39. The molecule has 0 saturated carbocycles. The first kappa shape index (κ1) is 22.7. The number of hydrogen-bond acceptors (Lipinski definition) is 5. The maximum atomic E-state index is 13.6. The minimum absolute atomic E-state index is 0.00391. The number of hydrogen-bond donors (Lipinski definition) is 1. The fourth-order valence-corrected chi connectivity index (χ4v) is 4.37. The third-order valence-corrected chi connectivity index (χ3v) is 6.37. The van der Waals surface area contributed by atoms with Crippen LogP contribution in [0.15, 0.2) is 24.3 Å². The third kappa shape index (κ3) is 5.77. The Balaban J connectivity index is 1.60. The lowest BCUT2D eigenvalue weighted by Crippen LogP contribution is -2.42. The molecule has 0 unspecified atom stereocenters. The molecule has 0 atom stereocenters. The number of alkyl halides is 3. The molecule has 1 N–H and O–H groups in total. The van der Waals surface area contributed by atoms with Crippen LogP contribution in [0.1, 0.15) is 38.3 Å². The van der Waals surface area contributed by atoms with Crippen LogP contribution in [-0.2, 0) is 11.0 Å². The average Bonchev–Trinajstić information content (AvgIpc) is 2.74. The first-order chi connectivity index (χ1) is 14.4. The average molecular weight is 441 g/mol. The highest BCUT2D eigenvalue weighted by Crippen LogP contribution is 2.36. The number of carbonyl (C=O) groups is 1. The summed E-state index contributed by atoms with van der Waals surface area (Å²) in [6, 6.07) is 6.55. The topological polar surface area (TPSA) is 58.1 Å². The van der Waals surface area contributed by atoms with E-state index in [-0.39, 0.29) is 23.2 Å². The van der Waals surface area contributed by atoms with E-state index >= 15 is 0 Å². The number of aromatic nitrogens is 2. The molecule has 1 aromatic heterocycles. The van der Waals surface area contributed by atoms with Crippen molar-refractivity contribution in [3.63, 3.8) is 0 Å². The van der Waals surface area contributed by atoms with Crippen molar-refractivity contribution in [1.82, 2.24) is 15.3 Å². The van der Waals surface area contributed by atoms with Crippen LogP contribution in [0.2, 0.25) is 0 Å². The summed E-state index contributed by atoms with van der Waals surface area (Å²) in [4.78, 5) is 22.1. The van der Waals surface area contributed by atoms with E-state index in [0.717, 1.165) is 24.3 Å². The quantitative estimate of drug-likeness (QED) is 0.612. The van der Waals surface area contributed by atoms with Gasteiger partial charge in [0.15, 0.2) is 11.5 Å². The van der Waals surface area contributed by atoms with Gasteiger partial charge in [-0.15, -0.1) is 0 Å². The SMILES string of the molecule is CCCSCCCNC(=O)C1CCN(c2nc3ccccc3nc2C(F)(F)F)CC1. The first-order valence-corrected chi connectivity index (χ1v) is 11.5. The Morgan fingerprint density at radius 2 is 1.83 bits per heavy atom. The van der Waals surface area contributed by atoms with Gasteiger partial charge in [0.2, 0.25) is 5.91 Å². The molecule has 1 aliphatic rings. The molecule has 9 heteroatoms. The fourth-order valence-electron chi connectivity index (χ4n) is 3.53. The molecule has 1 amide bonds. The molecule has 3 rings (SSSR count). The number of para-hydroxylation sites is 2. The number of amides is 1. The molecule has 164 valence electrons. The van der Waals surface area contributed by atoms with E-state index in [9.17, 15) is 18.0 Å². The summed E-state index contributed by atoms with van der Waals surface area (Å²) in [7, 11) is 0. The highest BCUT2D eigenvalue weighted by molar-refractivity contribution is 7.99. The molecule has 2 aromatic rings. The molecule has 30 heavy (non-hydrogen) atoms. The molecule has 1 aromatic carbocycles. The second kappa shape index (κ2) is 10.3. The lowest BCUT2D eigenvalue weighted by Gasteiger charge is -2.33. The molecule has 5 nitrogen and oxygen atoms in total. The van der Waals surface area contributed by atoms with Gasteiger partial charge in [-0.3, -0.25) is 4.79 Å². The van der Waals surface area contributed by atoms with Gasteiger partial charge in [0.25, 0.3) is 0 Å². The standard InChI is InChI=1S/C21H27F3N4OS/c1-2-13-30-14-5-10-25-20(29)15-8-11-28(12-9-15)19-18(21(22,23)24)26-16-6-3-4-7-17(16)27-19/h3-4,6-7,15H,2,5,8-14H2,1H3,(H,25,29). The number of halogens is 3. The maximum Gasteiger partial charge on any atom is 0.437 e. The van der Waals surface area contributed by atoms with Gasteiger partial charge in [0, 0.05) is 25.6 Å². The molecule has 0 aliphatic carbocycles. The number of fused-ring (bicyclic) bond motifs is 1. The lowest BCUT2D eigenvalue weighted by molar-refractivity contribution is -0.140. The van der Waals surface area contributed by atoms with E-state index in [1.165, 1.54) is 6.07 Å². The molecule has 1 saturated heterocycles. The van der Waals surface area contributed by atoms with Crippen LogP contribution in [-0.4, -0.2) is 47.0 Å². The van der Waals surface area contributed by atoms with Crippen molar-refractivity contribution in [1.29, 1.82) is 0 Å². The van der Waals surface area contributed by atoms with E-state index in [1.807, 2.05) is 11.8 Å². The van der Waals surface area contributed by atoms with Crippen molar-refractivity contribution in [2.24, 2.45) is 5.92 Å². The molecular formula is C21H27F3N4OS. The van der Waals surface area contributed by atoms with Crippen molar-refractivity contribution in [3.05, 3.63) is 30.0 Å². The summed E-state index contributed by atoms with van der Waals surface area (Å²) < 4.78 is 40.8. The molecule has 0 spiro atoms. The summed E-state index contributed by atoms with van der Waals surface area (Å²) in [6.07, 6.45) is -1.51. The van der Waals surface area contributed by atoms with Gasteiger partial charge in [-0.1, -0.05) is 19.1 Å². The lowest BCUT2D eigenvalue weighted by atomic mass is 9.95. The number of rotatable bonds is 8. The zero-order valence-corrected chi connectivity index (χ0v) is 17.9. The van der Waals surface area contributed by atoms with E-state index < -0.39 is 11.9 Å². The zero-order valence-electron chi connectivity index (χ0n) is 17.0. The second-order valence-electron chi connectivity index (χ2n) is 7.40.